The van der Waals surface area contributed by atoms with Gasteiger partial charge in [0.05, 0.1) is 32.0 Å². The van der Waals surface area contributed by atoms with Gasteiger partial charge < -0.3 is 19.0 Å². The molecule has 0 aliphatic carbocycles. The summed E-state index contributed by atoms with van der Waals surface area (Å²) >= 11 is 5.26. The Morgan fingerprint density at radius 3 is 2.80 bits per heavy atom. The zero-order chi connectivity index (χ0) is 29.2. The van der Waals surface area contributed by atoms with Gasteiger partial charge >= 0.3 is 13.7 Å². The van der Waals surface area contributed by atoms with Crippen molar-refractivity contribution in [2.24, 2.45) is 5.41 Å². The molecule has 41 heavy (non-hydrogen) atoms. The number of hydrogen-bond acceptors (Lipinski definition) is 9. The molecule has 4 aromatic rings. The molecule has 2 aromatic heterocycles. The number of H-pyrrole nitrogens is 1. The number of rotatable bonds is 10. The van der Waals surface area contributed by atoms with Gasteiger partial charge in [-0.1, -0.05) is 69.4 Å². The largest absolute Gasteiger partial charge is 0.464 e. The van der Waals surface area contributed by atoms with Crippen molar-refractivity contribution in [3.8, 4) is 5.75 Å². The van der Waals surface area contributed by atoms with Crippen molar-refractivity contribution < 1.29 is 27.9 Å². The van der Waals surface area contributed by atoms with Crippen molar-refractivity contribution in [1.82, 2.24) is 24.6 Å². The van der Waals surface area contributed by atoms with Crippen LogP contribution in [0.1, 0.15) is 46.8 Å². The van der Waals surface area contributed by atoms with Gasteiger partial charge in [-0.2, -0.15) is 5.09 Å². The van der Waals surface area contributed by atoms with Gasteiger partial charge in [-0.05, 0) is 36.6 Å². The van der Waals surface area contributed by atoms with Crippen LogP contribution in [0.2, 0.25) is 0 Å². The molecule has 0 radical (unpaired) electrons. The fourth-order valence-corrected chi connectivity index (χ4v) is 6.23. The topological polar surface area (TPSA) is 130 Å². The highest BCUT2D eigenvalue weighted by atomic mass is 32.1. The number of benzene rings is 2. The lowest BCUT2D eigenvalue weighted by atomic mass is 9.99. The quantitative estimate of drug-likeness (QED) is 0.125. The summed E-state index contributed by atoms with van der Waals surface area (Å²) in [4.78, 5) is 24.2. The molecule has 0 spiro atoms. The molecule has 2 N–H and O–H groups in total. The molecule has 4 atom stereocenters. The lowest BCUT2D eigenvalue weighted by molar-refractivity contribution is -0.148. The number of ether oxygens (including phenoxy) is 2. The summed E-state index contributed by atoms with van der Waals surface area (Å²) in [6, 6.07) is 12.1. The minimum Gasteiger partial charge on any atom is -0.464 e. The van der Waals surface area contributed by atoms with Gasteiger partial charge in [0.25, 0.3) is 0 Å². The first kappa shape index (κ1) is 29.3. The van der Waals surface area contributed by atoms with E-state index < -0.39 is 19.8 Å². The van der Waals surface area contributed by atoms with E-state index in [0.717, 1.165) is 10.8 Å². The zero-order valence-corrected chi connectivity index (χ0v) is 25.1. The fourth-order valence-electron chi connectivity index (χ4n) is 4.48. The third-order valence-corrected chi connectivity index (χ3v) is 8.45. The van der Waals surface area contributed by atoms with Crippen molar-refractivity contribution in [2.75, 3.05) is 13.2 Å². The summed E-state index contributed by atoms with van der Waals surface area (Å²) in [5, 5.41) is 4.46. The van der Waals surface area contributed by atoms with Crippen LogP contribution in [0.4, 0.5) is 0 Å². The predicted molar refractivity (Wildman–Crippen MR) is 157 cm³/mol. The Morgan fingerprint density at radius 1 is 1.22 bits per heavy atom. The summed E-state index contributed by atoms with van der Waals surface area (Å²) in [7, 11) is -4.08. The summed E-state index contributed by atoms with van der Waals surface area (Å²) in [5.74, 6) is -0.186. The third kappa shape index (κ3) is 7.02. The molecule has 1 unspecified atom stereocenters. The first-order valence-corrected chi connectivity index (χ1v) is 15.4. The maximum Gasteiger partial charge on any atom is 0.459 e. The van der Waals surface area contributed by atoms with E-state index in [1.807, 2.05) is 61.7 Å². The Balaban J connectivity index is 1.31. The lowest BCUT2D eigenvalue weighted by Gasteiger charge is -2.25. The molecular formula is C28H34N5O6PS. The van der Waals surface area contributed by atoms with E-state index >= 15 is 0 Å². The van der Waals surface area contributed by atoms with Crippen LogP contribution in [-0.2, 0) is 23.4 Å². The molecule has 3 heterocycles. The standard InChI is InChI=1S/C28H34N5O6PS/c1-18(27(34)36-15-28(2,3)4)32-40(35,39-22-11-7-9-19-8-5-6-10-21(19)22)37-14-20-12-13-23(38-20)33-17-31-24-25(33)29-16-30-26(24)41/h5-11,16-18,20,23H,12-15H2,1-4H3,(H,32,35)(H,29,30,41)/t18-,20-,23+,40?/m0/s1. The third-order valence-electron chi connectivity index (χ3n) is 6.53. The summed E-state index contributed by atoms with van der Waals surface area (Å²) < 4.78 is 40.1. The van der Waals surface area contributed by atoms with Crippen LogP contribution in [-0.4, -0.2) is 50.8 Å². The summed E-state index contributed by atoms with van der Waals surface area (Å²) in [5.41, 5.74) is 1.09. The summed E-state index contributed by atoms with van der Waals surface area (Å²) in [6.07, 6.45) is 3.82. The number of carbonyl (C=O) groups excluding carboxylic acids is 1. The van der Waals surface area contributed by atoms with Crippen molar-refractivity contribution in [3.63, 3.8) is 0 Å². The van der Waals surface area contributed by atoms with Crippen molar-refractivity contribution in [2.45, 2.75) is 58.9 Å². The molecule has 2 aromatic carbocycles. The van der Waals surface area contributed by atoms with E-state index in [4.69, 9.17) is 30.7 Å². The average Bonchev–Trinajstić information content (AvgIpc) is 3.58. The first-order chi connectivity index (χ1) is 19.5. The van der Waals surface area contributed by atoms with Gasteiger partial charge in [0.1, 0.15) is 29.2 Å². The Labute approximate surface area is 243 Å². The number of hydrogen-bond donors (Lipinski definition) is 2. The Bertz CT molecular complexity index is 1650. The van der Waals surface area contributed by atoms with E-state index in [-0.39, 0.29) is 31.0 Å². The van der Waals surface area contributed by atoms with Crippen LogP contribution in [0.5, 0.6) is 5.75 Å². The Morgan fingerprint density at radius 2 is 2.00 bits per heavy atom. The molecule has 0 bridgehead atoms. The molecule has 1 aliphatic heterocycles. The van der Waals surface area contributed by atoms with Crippen molar-refractivity contribution in [3.05, 3.63) is 59.8 Å². The fraction of sp³-hybridized carbons (Fsp3) is 0.429. The van der Waals surface area contributed by atoms with Gasteiger partial charge in [0.15, 0.2) is 4.64 Å². The average molecular weight is 600 g/mol. The van der Waals surface area contributed by atoms with Gasteiger partial charge in [-0.3, -0.25) is 13.9 Å². The van der Waals surface area contributed by atoms with E-state index in [1.54, 1.807) is 19.3 Å². The number of imidazole rings is 1. The van der Waals surface area contributed by atoms with E-state index in [0.29, 0.717) is 34.4 Å². The van der Waals surface area contributed by atoms with Gasteiger partial charge in [0, 0.05) is 5.39 Å². The molecule has 5 rings (SSSR count). The Hall–Kier alpha value is -3.15. The second kappa shape index (κ2) is 12.0. The molecule has 1 fully saturated rings. The molecule has 0 saturated carbocycles. The second-order valence-corrected chi connectivity index (χ2v) is 13.3. The van der Waals surface area contributed by atoms with Crippen LogP contribution in [0.25, 0.3) is 21.9 Å². The highest BCUT2D eigenvalue weighted by Gasteiger charge is 2.36. The zero-order valence-electron chi connectivity index (χ0n) is 23.4. The number of esters is 1. The number of nitrogens with zero attached hydrogens (tertiary/aromatic N) is 3. The SMILES string of the molecule is C[C@H](NP(=O)(OC[C@@H]1CC[C@H](n2cnc3c(=S)nc[nH]c32)O1)Oc1cccc2ccccc12)C(=O)OCC(C)(C)C. The lowest BCUT2D eigenvalue weighted by Crippen LogP contribution is -2.37. The van der Waals surface area contributed by atoms with Crippen LogP contribution < -0.4 is 9.61 Å². The van der Waals surface area contributed by atoms with E-state index in [9.17, 15) is 9.36 Å². The van der Waals surface area contributed by atoms with Crippen molar-refractivity contribution in [1.29, 1.82) is 0 Å². The molecular weight excluding hydrogens is 565 g/mol. The van der Waals surface area contributed by atoms with Gasteiger partial charge in [-0.15, -0.1) is 0 Å². The van der Waals surface area contributed by atoms with Gasteiger partial charge in [0.2, 0.25) is 0 Å². The maximum atomic E-state index is 14.2. The highest BCUT2D eigenvalue weighted by Crippen LogP contribution is 2.47. The Kier molecular flexibility index (Phi) is 8.58. The van der Waals surface area contributed by atoms with Crippen LogP contribution >= 0.6 is 20.0 Å². The predicted octanol–water partition coefficient (Wildman–Crippen LogP) is 6.09. The summed E-state index contributed by atoms with van der Waals surface area (Å²) in [6.45, 7) is 7.64. The second-order valence-electron chi connectivity index (χ2n) is 11.2. The molecule has 11 nitrogen and oxygen atoms in total. The number of aromatic amines is 1. The smallest absolute Gasteiger partial charge is 0.459 e. The highest BCUT2D eigenvalue weighted by molar-refractivity contribution is 7.71. The number of carbonyl (C=O) groups is 1. The van der Waals surface area contributed by atoms with E-state index in [1.165, 1.54) is 6.33 Å². The first-order valence-electron chi connectivity index (χ1n) is 13.4. The van der Waals surface area contributed by atoms with E-state index in [2.05, 4.69) is 20.0 Å². The van der Waals surface area contributed by atoms with Crippen molar-refractivity contribution >= 4 is 47.9 Å². The normalized spacial score (nSPS) is 19.7. The maximum absolute atomic E-state index is 14.2. The molecule has 1 saturated heterocycles. The monoisotopic (exact) mass is 599 g/mol. The number of nitrogens with one attached hydrogen (secondary N) is 2. The van der Waals surface area contributed by atoms with Crippen LogP contribution in [0.15, 0.2) is 55.1 Å². The molecule has 0 amide bonds. The van der Waals surface area contributed by atoms with Crippen LogP contribution in [0.3, 0.4) is 0 Å². The minimum absolute atomic E-state index is 0.0283. The number of aromatic nitrogens is 4. The molecule has 13 heteroatoms. The molecule has 1 aliphatic rings. The molecule has 218 valence electrons. The minimum atomic E-state index is -4.08. The van der Waals surface area contributed by atoms with Crippen LogP contribution in [0, 0.1) is 10.1 Å². The number of fused-ring (bicyclic) bond motifs is 2. The van der Waals surface area contributed by atoms with Gasteiger partial charge in [-0.25, -0.2) is 14.5 Å².